The number of carbonyl (C=O) groups is 2. The minimum absolute atomic E-state index is 0.0704. The van der Waals surface area contributed by atoms with Gasteiger partial charge in [0.1, 0.15) is 5.82 Å². The summed E-state index contributed by atoms with van der Waals surface area (Å²) in [4.78, 5) is 47.6. The largest absolute Gasteiger partial charge is 0.351 e. The molecule has 2 atom stereocenters. The van der Waals surface area contributed by atoms with E-state index in [1.54, 1.807) is 0 Å². The van der Waals surface area contributed by atoms with Gasteiger partial charge in [0.15, 0.2) is 0 Å². The summed E-state index contributed by atoms with van der Waals surface area (Å²) in [5, 5.41) is 5.54. The number of nitrogens with one attached hydrogen (secondary N) is 3. The van der Waals surface area contributed by atoms with Crippen LogP contribution in [0.1, 0.15) is 56.1 Å². The van der Waals surface area contributed by atoms with Gasteiger partial charge in [0, 0.05) is 25.6 Å². The smallest absolute Gasteiger partial charge is 0.258 e. The second-order valence-corrected chi connectivity index (χ2v) is 7.91. The van der Waals surface area contributed by atoms with E-state index in [0.29, 0.717) is 18.5 Å². The summed E-state index contributed by atoms with van der Waals surface area (Å²) in [5.74, 6) is -0.844. The highest BCUT2D eigenvalue weighted by Crippen LogP contribution is 2.31. The average Bonchev–Trinajstić information content (AvgIpc) is 2.77. The lowest BCUT2D eigenvalue weighted by Crippen LogP contribution is -2.43. The number of nitrogens with zero attached hydrogens (tertiary/aromatic N) is 2. The molecule has 30 heavy (non-hydrogen) atoms. The van der Waals surface area contributed by atoms with E-state index in [2.05, 4.69) is 32.4 Å². The molecule has 4 rings (SSSR count). The van der Waals surface area contributed by atoms with Crippen LogP contribution in [-0.4, -0.2) is 34.4 Å². The van der Waals surface area contributed by atoms with Crippen molar-refractivity contribution < 1.29 is 9.59 Å². The molecule has 0 aliphatic carbocycles. The predicted molar refractivity (Wildman–Crippen MR) is 114 cm³/mol. The molecular weight excluding hydrogens is 382 g/mol. The third-order valence-electron chi connectivity index (χ3n) is 5.94. The highest BCUT2D eigenvalue weighted by molar-refractivity contribution is 6.00. The standard InChI is InChI=1S/C22H27N5O3/c1-2-15-10-6-7-11-27(15)22-25-19-18(21(30)26-22)16(12-17(28)24-19)20(29)23-13-14-8-4-3-5-9-14/h3-5,8-9,15-16H,2,6-7,10-13H2,1H3,(H,23,29)(H2,24,25,26,28,30)/t15-,16+/m0/s1. The molecule has 1 aromatic heterocycles. The average molecular weight is 409 g/mol. The molecule has 3 N–H and O–H groups in total. The van der Waals surface area contributed by atoms with Crippen LogP contribution in [0.4, 0.5) is 11.8 Å². The molecule has 0 saturated carbocycles. The zero-order valence-corrected chi connectivity index (χ0v) is 17.1. The molecule has 2 aliphatic heterocycles. The maximum absolute atomic E-state index is 13.0. The Balaban J connectivity index is 1.60. The van der Waals surface area contributed by atoms with Gasteiger partial charge in [0.05, 0.1) is 11.5 Å². The van der Waals surface area contributed by atoms with Crippen molar-refractivity contribution in [2.75, 3.05) is 16.8 Å². The fraction of sp³-hybridized carbons (Fsp3) is 0.455. The van der Waals surface area contributed by atoms with Crippen LogP contribution in [0, 0.1) is 0 Å². The third kappa shape index (κ3) is 4.08. The number of rotatable bonds is 5. The number of anilines is 2. The van der Waals surface area contributed by atoms with Gasteiger partial charge in [0.2, 0.25) is 17.8 Å². The van der Waals surface area contributed by atoms with Crippen molar-refractivity contribution in [2.45, 2.75) is 57.5 Å². The van der Waals surface area contributed by atoms with Gasteiger partial charge in [-0.25, -0.2) is 0 Å². The van der Waals surface area contributed by atoms with Gasteiger partial charge >= 0.3 is 0 Å². The van der Waals surface area contributed by atoms with E-state index in [1.807, 2.05) is 30.3 Å². The van der Waals surface area contributed by atoms with E-state index < -0.39 is 5.92 Å². The van der Waals surface area contributed by atoms with Crippen molar-refractivity contribution in [3.8, 4) is 0 Å². The van der Waals surface area contributed by atoms with Crippen LogP contribution in [0.3, 0.4) is 0 Å². The van der Waals surface area contributed by atoms with E-state index in [-0.39, 0.29) is 35.2 Å². The van der Waals surface area contributed by atoms with Gasteiger partial charge in [-0.05, 0) is 31.2 Å². The Morgan fingerprint density at radius 3 is 2.80 bits per heavy atom. The molecule has 1 fully saturated rings. The van der Waals surface area contributed by atoms with E-state index in [0.717, 1.165) is 37.8 Å². The Labute approximate surface area is 175 Å². The maximum atomic E-state index is 13.0. The lowest BCUT2D eigenvalue weighted by atomic mass is 9.92. The summed E-state index contributed by atoms with van der Waals surface area (Å²) in [6.07, 6.45) is 4.13. The molecule has 158 valence electrons. The number of amides is 2. The van der Waals surface area contributed by atoms with Crippen LogP contribution in [0.2, 0.25) is 0 Å². The SMILES string of the molecule is CC[C@H]1CCCCN1c1nc2c(c(=O)[nH]1)[C@H](C(=O)NCc1ccccc1)CC(=O)N2. The van der Waals surface area contributed by atoms with Crippen molar-refractivity contribution in [1.82, 2.24) is 15.3 Å². The van der Waals surface area contributed by atoms with Crippen LogP contribution in [0.15, 0.2) is 35.1 Å². The Bertz CT molecular complexity index is 988. The van der Waals surface area contributed by atoms with Crippen molar-refractivity contribution in [3.05, 3.63) is 51.8 Å². The van der Waals surface area contributed by atoms with E-state index in [1.165, 1.54) is 0 Å². The fourth-order valence-electron chi connectivity index (χ4n) is 4.33. The first-order valence-electron chi connectivity index (χ1n) is 10.6. The molecular formula is C22H27N5O3. The van der Waals surface area contributed by atoms with Gasteiger partial charge < -0.3 is 15.5 Å². The maximum Gasteiger partial charge on any atom is 0.258 e. The Morgan fingerprint density at radius 2 is 2.03 bits per heavy atom. The second-order valence-electron chi connectivity index (χ2n) is 7.91. The molecule has 2 amide bonds. The van der Waals surface area contributed by atoms with Crippen LogP contribution in [-0.2, 0) is 16.1 Å². The first-order valence-corrected chi connectivity index (χ1v) is 10.6. The number of fused-ring (bicyclic) bond motifs is 1. The summed E-state index contributed by atoms with van der Waals surface area (Å²) in [6, 6.07) is 9.82. The number of hydrogen-bond donors (Lipinski definition) is 3. The molecule has 0 unspecified atom stereocenters. The molecule has 8 heteroatoms. The normalized spacial score (nSPS) is 21.0. The first-order chi connectivity index (χ1) is 14.6. The molecule has 8 nitrogen and oxygen atoms in total. The molecule has 1 saturated heterocycles. The second kappa shape index (κ2) is 8.69. The highest BCUT2D eigenvalue weighted by Gasteiger charge is 2.35. The fourth-order valence-corrected chi connectivity index (χ4v) is 4.33. The monoisotopic (exact) mass is 409 g/mol. The number of aromatic nitrogens is 2. The van der Waals surface area contributed by atoms with E-state index in [4.69, 9.17) is 0 Å². The predicted octanol–water partition coefficient (Wildman–Crippen LogP) is 2.28. The van der Waals surface area contributed by atoms with Gasteiger partial charge in [0.25, 0.3) is 5.56 Å². The molecule has 2 aromatic rings. The molecule has 0 spiro atoms. The Hall–Kier alpha value is -3.16. The summed E-state index contributed by atoms with van der Waals surface area (Å²) < 4.78 is 0. The number of benzene rings is 1. The molecule has 1 aromatic carbocycles. The summed E-state index contributed by atoms with van der Waals surface area (Å²) >= 11 is 0. The number of carbonyl (C=O) groups excluding carboxylic acids is 2. The van der Waals surface area contributed by atoms with Crippen molar-refractivity contribution >= 4 is 23.6 Å². The Morgan fingerprint density at radius 1 is 1.23 bits per heavy atom. The van der Waals surface area contributed by atoms with Crippen LogP contribution in [0.25, 0.3) is 0 Å². The lowest BCUT2D eigenvalue weighted by Gasteiger charge is -2.36. The Kier molecular flexibility index (Phi) is 5.83. The van der Waals surface area contributed by atoms with E-state index >= 15 is 0 Å². The summed E-state index contributed by atoms with van der Waals surface area (Å²) in [5.41, 5.74) is 0.814. The minimum Gasteiger partial charge on any atom is -0.351 e. The van der Waals surface area contributed by atoms with E-state index in [9.17, 15) is 14.4 Å². The molecule has 2 aliphatic rings. The van der Waals surface area contributed by atoms with Crippen molar-refractivity contribution in [1.29, 1.82) is 0 Å². The number of piperidine rings is 1. The zero-order chi connectivity index (χ0) is 21.1. The molecule has 0 radical (unpaired) electrons. The lowest BCUT2D eigenvalue weighted by molar-refractivity contribution is -0.126. The number of aromatic amines is 1. The van der Waals surface area contributed by atoms with Gasteiger partial charge in [-0.3, -0.25) is 19.4 Å². The molecule has 0 bridgehead atoms. The van der Waals surface area contributed by atoms with Gasteiger partial charge in [-0.2, -0.15) is 4.98 Å². The number of hydrogen-bond acceptors (Lipinski definition) is 5. The third-order valence-corrected chi connectivity index (χ3v) is 5.94. The summed E-state index contributed by atoms with van der Waals surface area (Å²) in [6.45, 7) is 3.27. The minimum atomic E-state index is -0.855. The zero-order valence-electron chi connectivity index (χ0n) is 17.1. The highest BCUT2D eigenvalue weighted by atomic mass is 16.2. The van der Waals surface area contributed by atoms with Crippen LogP contribution < -0.4 is 21.1 Å². The van der Waals surface area contributed by atoms with Crippen molar-refractivity contribution in [2.24, 2.45) is 0 Å². The van der Waals surface area contributed by atoms with Crippen molar-refractivity contribution in [3.63, 3.8) is 0 Å². The number of H-pyrrole nitrogens is 1. The summed E-state index contributed by atoms with van der Waals surface area (Å²) in [7, 11) is 0. The first kappa shape index (κ1) is 20.1. The quantitative estimate of drug-likeness (QED) is 0.702. The molecule has 3 heterocycles. The van der Waals surface area contributed by atoms with Crippen LogP contribution >= 0.6 is 0 Å². The van der Waals surface area contributed by atoms with Gasteiger partial charge in [-0.1, -0.05) is 37.3 Å². The van der Waals surface area contributed by atoms with Crippen LogP contribution in [0.5, 0.6) is 0 Å². The van der Waals surface area contributed by atoms with Gasteiger partial charge in [-0.15, -0.1) is 0 Å². The topological polar surface area (TPSA) is 107 Å².